The van der Waals surface area contributed by atoms with E-state index < -0.39 is 26.5 Å². The van der Waals surface area contributed by atoms with Crippen molar-refractivity contribution in [2.45, 2.75) is 270 Å². The molecule has 0 fully saturated rings. The maximum atomic E-state index is 12.7. The summed E-state index contributed by atoms with van der Waals surface area (Å²) in [6.07, 6.45) is 63.5. The summed E-state index contributed by atoms with van der Waals surface area (Å²) in [5, 5.41) is 0. The number of phosphoric ester groups is 1. The predicted octanol–water partition coefficient (Wildman–Crippen LogP) is 17.1. The Labute approximate surface area is 426 Å². The normalized spacial score (nSPS) is 13.7. The fourth-order valence-corrected chi connectivity index (χ4v) is 8.91. The second-order valence-corrected chi connectivity index (χ2v) is 22.0. The van der Waals surface area contributed by atoms with Crippen LogP contribution in [0.25, 0.3) is 0 Å². The largest absolute Gasteiger partial charge is 0.756 e. The van der Waals surface area contributed by atoms with Crippen LogP contribution in [-0.4, -0.2) is 70.0 Å². The molecule has 0 spiro atoms. The number of nitrogens with zero attached hydrogens (tertiary/aromatic N) is 1. The second-order valence-electron chi connectivity index (χ2n) is 20.6. The van der Waals surface area contributed by atoms with E-state index in [0.717, 1.165) is 57.8 Å². The van der Waals surface area contributed by atoms with Gasteiger partial charge in [-0.25, -0.2) is 0 Å². The molecule has 0 aromatic carbocycles. The third kappa shape index (κ3) is 55.1. The minimum Gasteiger partial charge on any atom is -0.756 e. The van der Waals surface area contributed by atoms with Gasteiger partial charge in [-0.05, 0) is 51.4 Å². The van der Waals surface area contributed by atoms with E-state index in [1.807, 2.05) is 21.1 Å². The van der Waals surface area contributed by atoms with Crippen molar-refractivity contribution in [2.24, 2.45) is 0 Å². The molecule has 0 N–H and O–H groups in total. The van der Waals surface area contributed by atoms with Crippen LogP contribution in [-0.2, 0) is 32.7 Å². The Hall–Kier alpha value is -2.03. The van der Waals surface area contributed by atoms with Gasteiger partial charge >= 0.3 is 11.9 Å². The average Bonchev–Trinajstić information content (AvgIpc) is 3.31. The summed E-state index contributed by atoms with van der Waals surface area (Å²) < 4.78 is 34.0. The Morgan fingerprint density at radius 2 is 0.826 bits per heavy atom. The molecule has 0 saturated heterocycles. The Morgan fingerprint density at radius 3 is 1.23 bits per heavy atom. The molecular formula is C59H110NO8P. The highest BCUT2D eigenvalue weighted by atomic mass is 31.2. The monoisotopic (exact) mass is 992 g/mol. The number of unbranched alkanes of at least 4 members (excludes halogenated alkanes) is 31. The lowest BCUT2D eigenvalue weighted by molar-refractivity contribution is -0.870. The van der Waals surface area contributed by atoms with Crippen molar-refractivity contribution in [3.05, 3.63) is 48.6 Å². The SMILES string of the molecule is CC/C=C\C/C=C\C/C=C\C/C=C\CCCCCCCCCCCCCCCCCCCCCCCCCCC(=O)OC(COC(=O)CCCCCCCCCC)COP(=O)([O-])OCC[N+](C)(C)C. The number of rotatable bonds is 53. The zero-order chi connectivity index (χ0) is 50.6. The van der Waals surface area contributed by atoms with Crippen LogP contribution in [0.1, 0.15) is 264 Å². The molecule has 0 heterocycles. The summed E-state index contributed by atoms with van der Waals surface area (Å²) >= 11 is 0. The molecule has 0 aliphatic carbocycles. The molecule has 9 nitrogen and oxygen atoms in total. The van der Waals surface area contributed by atoms with Crippen molar-refractivity contribution in [3.63, 3.8) is 0 Å². The van der Waals surface area contributed by atoms with Gasteiger partial charge in [-0.15, -0.1) is 0 Å². The van der Waals surface area contributed by atoms with Gasteiger partial charge in [0.1, 0.15) is 19.8 Å². The number of carbonyl (C=O) groups excluding carboxylic acids is 2. The van der Waals surface area contributed by atoms with Crippen molar-refractivity contribution in [2.75, 3.05) is 47.5 Å². The number of carbonyl (C=O) groups is 2. The lowest BCUT2D eigenvalue weighted by Crippen LogP contribution is -2.37. The van der Waals surface area contributed by atoms with E-state index in [1.54, 1.807) is 0 Å². The molecule has 0 aromatic heterocycles. The predicted molar refractivity (Wildman–Crippen MR) is 291 cm³/mol. The van der Waals surface area contributed by atoms with Gasteiger partial charge in [0, 0.05) is 12.8 Å². The zero-order valence-electron chi connectivity index (χ0n) is 45.8. The summed E-state index contributed by atoms with van der Waals surface area (Å²) in [5.41, 5.74) is 0. The molecule has 2 atom stereocenters. The van der Waals surface area contributed by atoms with E-state index in [1.165, 1.54) is 173 Å². The number of hydrogen-bond donors (Lipinski definition) is 0. The van der Waals surface area contributed by atoms with Crippen LogP contribution < -0.4 is 4.89 Å². The zero-order valence-corrected chi connectivity index (χ0v) is 46.7. The summed E-state index contributed by atoms with van der Waals surface area (Å²) in [4.78, 5) is 37.5. The first-order chi connectivity index (χ1) is 33.5. The van der Waals surface area contributed by atoms with Crippen molar-refractivity contribution in [1.82, 2.24) is 0 Å². The van der Waals surface area contributed by atoms with Gasteiger partial charge in [0.2, 0.25) is 0 Å². The number of ether oxygens (including phenoxy) is 2. The van der Waals surface area contributed by atoms with Crippen molar-refractivity contribution >= 4 is 19.8 Å². The number of quaternary nitrogens is 1. The standard InChI is InChI=1S/C59H110NO8P/c1-6-8-10-12-14-16-17-18-19-20-21-22-23-24-25-26-27-28-29-30-31-32-33-34-35-36-37-38-39-40-41-42-43-44-46-48-50-52-59(62)68-57(56-67-69(63,64)66-54-53-60(3,4)5)55-65-58(61)51-49-47-45-15-13-11-9-7-2/h8,10,14,16,18-19,21-22,57H,6-7,9,11-13,15,17,20,23-56H2,1-5H3/b10-8-,16-14-,19-18-,22-21-. The first-order valence-corrected chi connectivity index (χ1v) is 30.3. The van der Waals surface area contributed by atoms with Crippen LogP contribution in [0.15, 0.2) is 48.6 Å². The Kier molecular flexibility index (Phi) is 49.4. The van der Waals surface area contributed by atoms with Crippen LogP contribution in [0.5, 0.6) is 0 Å². The third-order valence-corrected chi connectivity index (χ3v) is 13.6. The second kappa shape index (κ2) is 50.9. The quantitative estimate of drug-likeness (QED) is 0.0195. The first kappa shape index (κ1) is 67.0. The van der Waals surface area contributed by atoms with Crippen LogP contribution in [0.4, 0.5) is 0 Å². The summed E-state index contributed by atoms with van der Waals surface area (Å²) in [5.74, 6) is -0.827. The molecule has 10 heteroatoms. The highest BCUT2D eigenvalue weighted by molar-refractivity contribution is 7.45. The maximum Gasteiger partial charge on any atom is 0.306 e. The minimum atomic E-state index is -4.62. The molecule has 0 radical (unpaired) electrons. The van der Waals surface area contributed by atoms with Crippen molar-refractivity contribution < 1.29 is 42.1 Å². The molecule has 0 aliphatic rings. The average molecular weight is 993 g/mol. The molecule has 0 saturated carbocycles. The molecule has 69 heavy (non-hydrogen) atoms. The molecule has 0 bridgehead atoms. The molecule has 0 rings (SSSR count). The van der Waals surface area contributed by atoms with E-state index in [0.29, 0.717) is 17.4 Å². The highest BCUT2D eigenvalue weighted by Gasteiger charge is 2.22. The summed E-state index contributed by atoms with van der Waals surface area (Å²) in [6.45, 7) is 4.11. The van der Waals surface area contributed by atoms with Gasteiger partial charge in [-0.3, -0.25) is 14.2 Å². The van der Waals surface area contributed by atoms with E-state index >= 15 is 0 Å². The highest BCUT2D eigenvalue weighted by Crippen LogP contribution is 2.38. The van der Waals surface area contributed by atoms with E-state index in [-0.39, 0.29) is 32.0 Å². The maximum absolute atomic E-state index is 12.7. The van der Waals surface area contributed by atoms with Crippen LogP contribution in [0.3, 0.4) is 0 Å². The Balaban J connectivity index is 3.83. The number of likely N-dealkylation sites (N-methyl/N-ethyl adjacent to an activating group) is 1. The number of allylic oxidation sites excluding steroid dienone is 8. The Morgan fingerprint density at radius 1 is 0.464 bits per heavy atom. The fraction of sp³-hybridized carbons (Fsp3) is 0.831. The van der Waals surface area contributed by atoms with Crippen molar-refractivity contribution in [1.29, 1.82) is 0 Å². The number of phosphoric acid groups is 1. The molecule has 2 unspecified atom stereocenters. The van der Waals surface area contributed by atoms with E-state index in [4.69, 9.17) is 18.5 Å². The summed E-state index contributed by atoms with van der Waals surface area (Å²) in [7, 11) is 1.18. The smallest absolute Gasteiger partial charge is 0.306 e. The lowest BCUT2D eigenvalue weighted by Gasteiger charge is -2.28. The van der Waals surface area contributed by atoms with Crippen LogP contribution >= 0.6 is 7.82 Å². The van der Waals surface area contributed by atoms with Crippen LogP contribution in [0.2, 0.25) is 0 Å². The molecular weight excluding hydrogens is 882 g/mol. The molecule has 404 valence electrons. The van der Waals surface area contributed by atoms with Gasteiger partial charge in [0.05, 0.1) is 27.7 Å². The number of esters is 2. The summed E-state index contributed by atoms with van der Waals surface area (Å²) in [6, 6.07) is 0. The van der Waals surface area contributed by atoms with Gasteiger partial charge in [-0.2, -0.15) is 0 Å². The van der Waals surface area contributed by atoms with Gasteiger partial charge in [-0.1, -0.05) is 249 Å². The topological polar surface area (TPSA) is 111 Å². The molecule has 0 aromatic rings. The Bertz CT molecular complexity index is 1310. The fourth-order valence-electron chi connectivity index (χ4n) is 8.18. The van der Waals surface area contributed by atoms with Gasteiger partial charge in [0.25, 0.3) is 7.82 Å². The molecule has 0 aliphatic heterocycles. The van der Waals surface area contributed by atoms with Crippen molar-refractivity contribution in [3.8, 4) is 0 Å². The van der Waals surface area contributed by atoms with E-state index in [2.05, 4.69) is 62.5 Å². The third-order valence-electron chi connectivity index (χ3n) is 12.6. The van der Waals surface area contributed by atoms with Gasteiger partial charge < -0.3 is 27.9 Å². The molecule has 0 amide bonds. The lowest BCUT2D eigenvalue weighted by atomic mass is 10.0. The number of hydrogen-bond acceptors (Lipinski definition) is 8. The minimum absolute atomic E-state index is 0.0283. The van der Waals surface area contributed by atoms with E-state index in [9.17, 15) is 19.0 Å². The first-order valence-electron chi connectivity index (χ1n) is 28.8. The van der Waals surface area contributed by atoms with Crippen LogP contribution in [0, 0.1) is 0 Å². The van der Waals surface area contributed by atoms with Gasteiger partial charge in [0.15, 0.2) is 6.10 Å².